The van der Waals surface area contributed by atoms with Crippen molar-refractivity contribution in [2.45, 2.75) is 58.9 Å². The van der Waals surface area contributed by atoms with Crippen LogP contribution in [0.5, 0.6) is 0 Å². The largest absolute Gasteiger partial charge is 0.353 e. The topological polar surface area (TPSA) is 111 Å². The highest BCUT2D eigenvalue weighted by molar-refractivity contribution is 5.80. The number of hydrogen-bond acceptors (Lipinski definition) is 6. The molecule has 1 N–H and O–H groups in total. The molecule has 2 heterocycles. The molecule has 34 heavy (non-hydrogen) atoms. The fourth-order valence-electron chi connectivity index (χ4n) is 3.99. The third-order valence-corrected chi connectivity index (χ3v) is 5.86. The molecule has 0 aliphatic heterocycles. The molecule has 9 nitrogen and oxygen atoms in total. The summed E-state index contributed by atoms with van der Waals surface area (Å²) in [6.07, 6.45) is 5.21. The van der Waals surface area contributed by atoms with Crippen LogP contribution in [0.15, 0.2) is 53.3 Å². The Balaban J connectivity index is 1.60. The van der Waals surface area contributed by atoms with E-state index in [0.717, 1.165) is 52.6 Å². The van der Waals surface area contributed by atoms with Crippen LogP contribution in [0.4, 0.5) is 0 Å². The summed E-state index contributed by atoms with van der Waals surface area (Å²) in [5.74, 6) is 0.981. The number of rotatable bonds is 10. The third-order valence-electron chi connectivity index (χ3n) is 5.86. The van der Waals surface area contributed by atoms with Gasteiger partial charge >= 0.3 is 5.69 Å². The Kier molecular flexibility index (Phi) is 7.41. The number of tetrazole rings is 1. The Labute approximate surface area is 197 Å². The number of benzene rings is 2. The number of nitrogens with zero attached hydrogens (tertiary/aromatic N) is 6. The average Bonchev–Trinajstić information content (AvgIpc) is 3.51. The van der Waals surface area contributed by atoms with Gasteiger partial charge in [-0.3, -0.25) is 9.36 Å². The Morgan fingerprint density at radius 1 is 0.971 bits per heavy atom. The first kappa shape index (κ1) is 23.3. The second-order valence-electron chi connectivity index (χ2n) is 8.25. The zero-order valence-corrected chi connectivity index (χ0v) is 19.6. The monoisotopic (exact) mass is 459 g/mol. The van der Waals surface area contributed by atoms with Crippen LogP contribution in [0.25, 0.3) is 22.5 Å². The van der Waals surface area contributed by atoms with Gasteiger partial charge in [0.05, 0.1) is 6.54 Å². The molecule has 9 heteroatoms. The van der Waals surface area contributed by atoms with E-state index in [-0.39, 0.29) is 18.0 Å². The molecular formula is C25H29N7O2. The lowest BCUT2D eigenvalue weighted by molar-refractivity contribution is 0.0887. The van der Waals surface area contributed by atoms with E-state index >= 15 is 0 Å². The molecule has 0 radical (unpaired) electrons. The maximum atomic E-state index is 13.0. The molecule has 0 saturated carbocycles. The molecule has 2 aromatic heterocycles. The van der Waals surface area contributed by atoms with Gasteiger partial charge in [-0.2, -0.15) is 0 Å². The summed E-state index contributed by atoms with van der Waals surface area (Å²) in [4.78, 5) is 25.2. The molecule has 0 spiro atoms. The van der Waals surface area contributed by atoms with Crippen LogP contribution in [-0.4, -0.2) is 40.9 Å². The van der Waals surface area contributed by atoms with Crippen molar-refractivity contribution in [3.8, 4) is 22.5 Å². The number of H-pyrrole nitrogens is 1. The van der Waals surface area contributed by atoms with E-state index < -0.39 is 0 Å². The zero-order chi connectivity index (χ0) is 23.9. The highest BCUT2D eigenvalue weighted by Gasteiger charge is 2.17. The van der Waals surface area contributed by atoms with E-state index in [4.69, 9.17) is 0 Å². The highest BCUT2D eigenvalue weighted by Crippen LogP contribution is 2.29. The Morgan fingerprint density at radius 3 is 2.41 bits per heavy atom. The van der Waals surface area contributed by atoms with E-state index in [1.54, 1.807) is 11.5 Å². The minimum Gasteiger partial charge on any atom is -0.274 e. The van der Waals surface area contributed by atoms with Crippen LogP contribution in [-0.2, 0) is 13.0 Å². The summed E-state index contributed by atoms with van der Waals surface area (Å²) in [6, 6.07) is 15.9. The SMILES string of the molecule is CCCCCCc1nn(C(=O)CC)c(=O)n1Cc1ccc(-c2ccccc2-c2nnn[nH]2)cc1. The van der Waals surface area contributed by atoms with Gasteiger partial charge in [0, 0.05) is 18.4 Å². The van der Waals surface area contributed by atoms with Gasteiger partial charge in [0.1, 0.15) is 5.82 Å². The van der Waals surface area contributed by atoms with E-state index in [2.05, 4.69) is 32.6 Å². The van der Waals surface area contributed by atoms with Crippen molar-refractivity contribution in [2.75, 3.05) is 0 Å². The molecule has 0 atom stereocenters. The van der Waals surface area contributed by atoms with Crippen molar-refractivity contribution in [1.82, 2.24) is 35.0 Å². The second-order valence-corrected chi connectivity index (χ2v) is 8.25. The van der Waals surface area contributed by atoms with Crippen LogP contribution in [0.2, 0.25) is 0 Å². The van der Waals surface area contributed by atoms with Gasteiger partial charge in [0.15, 0.2) is 5.82 Å². The fraction of sp³-hybridized carbons (Fsp3) is 0.360. The lowest BCUT2D eigenvalue weighted by Gasteiger charge is -2.09. The first-order valence-corrected chi connectivity index (χ1v) is 11.8. The molecule has 2 aromatic carbocycles. The normalized spacial score (nSPS) is 11.1. The van der Waals surface area contributed by atoms with Gasteiger partial charge in [0.25, 0.3) is 5.91 Å². The number of aromatic amines is 1. The maximum Gasteiger partial charge on any atom is 0.353 e. The van der Waals surface area contributed by atoms with Gasteiger partial charge < -0.3 is 0 Å². The number of carbonyl (C=O) groups is 1. The summed E-state index contributed by atoms with van der Waals surface area (Å²) < 4.78 is 2.65. The smallest absolute Gasteiger partial charge is 0.274 e. The summed E-state index contributed by atoms with van der Waals surface area (Å²) in [5.41, 5.74) is 3.51. The number of hydrogen-bond donors (Lipinski definition) is 1. The van der Waals surface area contributed by atoms with Crippen molar-refractivity contribution in [3.05, 3.63) is 70.4 Å². The lowest BCUT2D eigenvalue weighted by Crippen LogP contribution is -2.30. The molecule has 0 fully saturated rings. The van der Waals surface area contributed by atoms with Crippen molar-refractivity contribution in [1.29, 1.82) is 0 Å². The Hall–Kier alpha value is -3.88. The molecule has 4 aromatic rings. The fourth-order valence-corrected chi connectivity index (χ4v) is 3.99. The Bertz CT molecular complexity index is 1290. The zero-order valence-electron chi connectivity index (χ0n) is 19.6. The summed E-state index contributed by atoms with van der Waals surface area (Å²) in [5, 5.41) is 18.6. The number of aromatic nitrogens is 7. The van der Waals surface area contributed by atoms with Gasteiger partial charge in [-0.05, 0) is 33.5 Å². The molecule has 0 saturated heterocycles. The number of unbranched alkanes of at least 4 members (excludes halogenated alkanes) is 3. The predicted molar refractivity (Wildman–Crippen MR) is 129 cm³/mol. The van der Waals surface area contributed by atoms with Gasteiger partial charge in [-0.25, -0.2) is 9.89 Å². The third kappa shape index (κ3) is 5.03. The van der Waals surface area contributed by atoms with Crippen LogP contribution in [0.3, 0.4) is 0 Å². The van der Waals surface area contributed by atoms with Gasteiger partial charge in [0.2, 0.25) is 0 Å². The first-order chi connectivity index (χ1) is 16.6. The van der Waals surface area contributed by atoms with Crippen LogP contribution >= 0.6 is 0 Å². The maximum absolute atomic E-state index is 13.0. The Morgan fingerprint density at radius 2 is 1.74 bits per heavy atom. The number of nitrogens with one attached hydrogen (secondary N) is 1. The lowest BCUT2D eigenvalue weighted by atomic mass is 9.98. The summed E-state index contributed by atoms with van der Waals surface area (Å²) in [7, 11) is 0. The highest BCUT2D eigenvalue weighted by atomic mass is 16.2. The molecule has 0 bridgehead atoms. The van der Waals surface area contributed by atoms with Crippen molar-refractivity contribution in [3.63, 3.8) is 0 Å². The summed E-state index contributed by atoms with van der Waals surface area (Å²) in [6.45, 7) is 4.27. The average molecular weight is 460 g/mol. The van der Waals surface area contributed by atoms with Crippen LogP contribution in [0, 0.1) is 0 Å². The molecule has 0 aliphatic carbocycles. The quantitative estimate of drug-likeness (QED) is 0.357. The van der Waals surface area contributed by atoms with Crippen molar-refractivity contribution in [2.24, 2.45) is 0 Å². The van der Waals surface area contributed by atoms with E-state index in [9.17, 15) is 9.59 Å². The molecule has 0 aliphatic rings. The van der Waals surface area contributed by atoms with E-state index in [1.807, 2.05) is 48.5 Å². The molecule has 0 amide bonds. The number of carbonyl (C=O) groups excluding carboxylic acids is 1. The van der Waals surface area contributed by atoms with E-state index in [0.29, 0.717) is 24.6 Å². The minimum atomic E-state index is -0.371. The molecule has 4 rings (SSSR count). The summed E-state index contributed by atoms with van der Waals surface area (Å²) >= 11 is 0. The van der Waals surface area contributed by atoms with E-state index in [1.165, 1.54) is 0 Å². The standard InChI is InChI=1S/C25H29N7O2/c1-3-5-6-7-12-22-28-32(23(33)4-2)25(34)31(22)17-18-13-15-19(16-14-18)20-10-8-9-11-21(20)24-26-29-30-27-24/h8-11,13-16H,3-7,12,17H2,1-2H3,(H,26,27,29,30). The predicted octanol–water partition coefficient (Wildman–Crippen LogP) is 4.11. The van der Waals surface area contributed by atoms with Crippen LogP contribution in [0.1, 0.15) is 62.1 Å². The molecular weight excluding hydrogens is 430 g/mol. The first-order valence-electron chi connectivity index (χ1n) is 11.8. The number of aryl methyl sites for hydroxylation is 1. The van der Waals surface area contributed by atoms with Crippen molar-refractivity contribution >= 4 is 5.91 Å². The van der Waals surface area contributed by atoms with Gasteiger partial charge in [-0.15, -0.1) is 14.9 Å². The van der Waals surface area contributed by atoms with Gasteiger partial charge in [-0.1, -0.05) is 81.6 Å². The van der Waals surface area contributed by atoms with Crippen LogP contribution < -0.4 is 5.69 Å². The minimum absolute atomic E-state index is 0.237. The molecule has 176 valence electrons. The molecule has 0 unspecified atom stereocenters. The van der Waals surface area contributed by atoms with Crippen molar-refractivity contribution < 1.29 is 4.79 Å². The second kappa shape index (κ2) is 10.8.